The van der Waals surface area contributed by atoms with E-state index in [0.29, 0.717) is 0 Å². The van der Waals surface area contributed by atoms with Gasteiger partial charge in [-0.15, -0.1) is 0 Å². The van der Waals surface area contributed by atoms with Gasteiger partial charge in [0.1, 0.15) is 11.4 Å². The van der Waals surface area contributed by atoms with Gasteiger partial charge in [0, 0.05) is 6.42 Å². The maximum atomic E-state index is 10.2. The Bertz CT molecular complexity index is 412. The largest absolute Gasteiger partial charge is 0.497 e. The average Bonchev–Trinajstić information content (AvgIpc) is 2.73. The highest BCUT2D eigenvalue weighted by Crippen LogP contribution is 2.38. The lowest BCUT2D eigenvalue weighted by Gasteiger charge is -2.32. The number of rotatable bonds is 3. The first kappa shape index (κ1) is 13.3. The third kappa shape index (κ3) is 2.35. The van der Waals surface area contributed by atoms with Crippen LogP contribution in [0.25, 0.3) is 0 Å². The molecular weight excluding hydrogens is 234 g/mol. The molecule has 5 heteroatoms. The van der Waals surface area contributed by atoms with Gasteiger partial charge in [-0.2, -0.15) is 5.48 Å². The van der Waals surface area contributed by atoms with Crippen LogP contribution in [0, 0.1) is 0 Å². The number of nitrogens with one attached hydrogen (secondary N) is 1. The summed E-state index contributed by atoms with van der Waals surface area (Å²) in [6, 6.07) is 7.33. The predicted octanol–water partition coefficient (Wildman–Crippen LogP) is 1.12. The fourth-order valence-electron chi connectivity index (χ4n) is 1.93. The highest BCUT2D eigenvalue weighted by Gasteiger charge is 2.50. The topological polar surface area (TPSA) is 71.0 Å². The summed E-state index contributed by atoms with van der Waals surface area (Å²) < 4.78 is 5.09. The molecule has 3 N–H and O–H groups in total. The van der Waals surface area contributed by atoms with E-state index in [9.17, 15) is 10.2 Å². The standard InChI is InChI=1S/C13H19NO4/c1-12(2,15)13(16)8-11(14-18-13)9-4-6-10(17-3)7-5-9/h4-7,11,14-16H,8H2,1-3H3/t11-,13-/m1/s1. The smallest absolute Gasteiger partial charge is 0.215 e. The minimum absolute atomic E-state index is 0.160. The number of methoxy groups -OCH3 is 1. The first-order valence-corrected chi connectivity index (χ1v) is 5.88. The molecule has 0 radical (unpaired) electrons. The fraction of sp³-hybridized carbons (Fsp3) is 0.538. The van der Waals surface area contributed by atoms with Gasteiger partial charge in [0.05, 0.1) is 13.2 Å². The van der Waals surface area contributed by atoms with E-state index < -0.39 is 11.4 Å². The molecule has 0 aromatic heterocycles. The lowest BCUT2D eigenvalue weighted by molar-refractivity contribution is -0.284. The summed E-state index contributed by atoms with van der Waals surface area (Å²) in [5.41, 5.74) is 2.39. The first-order valence-electron chi connectivity index (χ1n) is 5.88. The molecular formula is C13H19NO4. The third-order valence-electron chi connectivity index (χ3n) is 3.32. The fourth-order valence-corrected chi connectivity index (χ4v) is 1.93. The second-order valence-electron chi connectivity index (χ2n) is 5.09. The van der Waals surface area contributed by atoms with Crippen LogP contribution in [0.2, 0.25) is 0 Å². The summed E-state index contributed by atoms with van der Waals surface area (Å²) in [6.45, 7) is 3.04. The van der Waals surface area contributed by atoms with Crippen LogP contribution in [0.1, 0.15) is 31.9 Å². The minimum atomic E-state index is -1.59. The van der Waals surface area contributed by atoms with Crippen LogP contribution < -0.4 is 10.2 Å². The van der Waals surface area contributed by atoms with E-state index in [1.54, 1.807) is 7.11 Å². The maximum absolute atomic E-state index is 10.2. The van der Waals surface area contributed by atoms with Crippen LogP contribution >= 0.6 is 0 Å². The van der Waals surface area contributed by atoms with E-state index in [1.165, 1.54) is 13.8 Å². The summed E-state index contributed by atoms with van der Waals surface area (Å²) >= 11 is 0. The van der Waals surface area contributed by atoms with Crippen molar-refractivity contribution in [2.24, 2.45) is 0 Å². The van der Waals surface area contributed by atoms with Gasteiger partial charge >= 0.3 is 0 Å². The number of hydrogen-bond acceptors (Lipinski definition) is 5. The van der Waals surface area contributed by atoms with Gasteiger partial charge in [-0.3, -0.25) is 4.84 Å². The van der Waals surface area contributed by atoms with E-state index in [-0.39, 0.29) is 12.5 Å². The Morgan fingerprint density at radius 3 is 2.44 bits per heavy atom. The molecule has 0 spiro atoms. The molecule has 1 aromatic rings. The summed E-state index contributed by atoms with van der Waals surface area (Å²) in [7, 11) is 1.61. The zero-order valence-electron chi connectivity index (χ0n) is 10.8. The van der Waals surface area contributed by atoms with Crippen molar-refractivity contribution < 1.29 is 19.8 Å². The van der Waals surface area contributed by atoms with E-state index >= 15 is 0 Å². The second kappa shape index (κ2) is 4.51. The molecule has 0 aliphatic carbocycles. The van der Waals surface area contributed by atoms with Crippen molar-refractivity contribution in [1.29, 1.82) is 0 Å². The average molecular weight is 253 g/mol. The number of hydrogen-bond donors (Lipinski definition) is 3. The van der Waals surface area contributed by atoms with Gasteiger partial charge in [0.15, 0.2) is 0 Å². The molecule has 0 saturated carbocycles. The zero-order valence-corrected chi connectivity index (χ0v) is 10.8. The van der Waals surface area contributed by atoms with Crippen LogP contribution in [-0.4, -0.2) is 28.7 Å². The Morgan fingerprint density at radius 1 is 1.39 bits per heavy atom. The van der Waals surface area contributed by atoms with E-state index in [2.05, 4.69) is 5.48 Å². The Hall–Kier alpha value is -1.14. The van der Waals surface area contributed by atoms with Crippen molar-refractivity contribution in [3.63, 3.8) is 0 Å². The molecule has 100 valence electrons. The Morgan fingerprint density at radius 2 is 2.00 bits per heavy atom. The molecule has 0 unspecified atom stereocenters. The van der Waals surface area contributed by atoms with Crippen molar-refractivity contribution in [2.75, 3.05) is 7.11 Å². The lowest BCUT2D eigenvalue weighted by Crippen LogP contribution is -2.50. The normalized spacial score (nSPS) is 28.4. The van der Waals surface area contributed by atoms with E-state index in [0.717, 1.165) is 11.3 Å². The molecule has 1 fully saturated rings. The highest BCUT2D eigenvalue weighted by atomic mass is 16.8. The Labute approximate surface area is 106 Å². The highest BCUT2D eigenvalue weighted by molar-refractivity contribution is 5.29. The van der Waals surface area contributed by atoms with E-state index in [1.807, 2.05) is 24.3 Å². The predicted molar refractivity (Wildman–Crippen MR) is 65.8 cm³/mol. The molecule has 2 rings (SSSR count). The summed E-state index contributed by atoms with van der Waals surface area (Å²) in [6.07, 6.45) is 0.281. The van der Waals surface area contributed by atoms with Crippen LogP contribution in [0.15, 0.2) is 24.3 Å². The molecule has 1 aromatic carbocycles. The van der Waals surface area contributed by atoms with Gasteiger partial charge in [-0.1, -0.05) is 12.1 Å². The van der Waals surface area contributed by atoms with E-state index in [4.69, 9.17) is 9.57 Å². The van der Waals surface area contributed by atoms with Crippen LogP contribution in [-0.2, 0) is 4.84 Å². The Balaban J connectivity index is 2.13. The van der Waals surface area contributed by atoms with Crippen molar-refractivity contribution in [3.05, 3.63) is 29.8 Å². The third-order valence-corrected chi connectivity index (χ3v) is 3.32. The van der Waals surface area contributed by atoms with Crippen LogP contribution in [0.4, 0.5) is 0 Å². The molecule has 2 atom stereocenters. The molecule has 1 aliphatic rings. The SMILES string of the molecule is COc1ccc([C@H]2C[C@](O)(C(C)(C)O)ON2)cc1. The molecule has 1 saturated heterocycles. The molecule has 1 heterocycles. The number of hydroxylamine groups is 1. The molecule has 1 aliphatic heterocycles. The van der Waals surface area contributed by atoms with Crippen molar-refractivity contribution in [1.82, 2.24) is 5.48 Å². The van der Waals surface area contributed by atoms with Gasteiger partial charge in [-0.25, -0.2) is 0 Å². The van der Waals surface area contributed by atoms with Crippen molar-refractivity contribution in [3.8, 4) is 5.75 Å². The quantitative estimate of drug-likeness (QED) is 0.753. The van der Waals surface area contributed by atoms with Gasteiger partial charge in [-0.05, 0) is 31.5 Å². The van der Waals surface area contributed by atoms with Crippen LogP contribution in [0.5, 0.6) is 5.75 Å². The molecule has 5 nitrogen and oxygen atoms in total. The molecule has 0 bridgehead atoms. The van der Waals surface area contributed by atoms with Gasteiger partial charge in [0.2, 0.25) is 5.79 Å². The Kier molecular flexibility index (Phi) is 3.33. The number of ether oxygens (including phenoxy) is 1. The monoisotopic (exact) mass is 253 g/mol. The van der Waals surface area contributed by atoms with Gasteiger partial charge in [0.25, 0.3) is 0 Å². The first-order chi connectivity index (χ1) is 8.36. The summed E-state index contributed by atoms with van der Waals surface area (Å²) in [5, 5.41) is 20.1. The van der Waals surface area contributed by atoms with Crippen molar-refractivity contribution in [2.45, 2.75) is 37.7 Å². The van der Waals surface area contributed by atoms with Crippen molar-refractivity contribution >= 4 is 0 Å². The number of aliphatic hydroxyl groups is 2. The summed E-state index contributed by atoms with van der Waals surface area (Å²) in [5.74, 6) is -0.812. The second-order valence-corrected chi connectivity index (χ2v) is 5.09. The molecule has 0 amide bonds. The zero-order chi connectivity index (χ0) is 13.4. The number of benzene rings is 1. The summed E-state index contributed by atoms with van der Waals surface area (Å²) in [4.78, 5) is 5.15. The molecule has 18 heavy (non-hydrogen) atoms. The maximum Gasteiger partial charge on any atom is 0.215 e. The van der Waals surface area contributed by atoms with Gasteiger partial charge < -0.3 is 14.9 Å². The van der Waals surface area contributed by atoms with Crippen LogP contribution in [0.3, 0.4) is 0 Å². The lowest BCUT2D eigenvalue weighted by atomic mass is 9.90. The minimum Gasteiger partial charge on any atom is -0.497 e.